The first-order valence-electron chi connectivity index (χ1n) is 7.15. The Bertz CT molecular complexity index is 657. The van der Waals surface area contributed by atoms with Crippen molar-refractivity contribution in [2.24, 2.45) is 4.99 Å². The third-order valence-electron chi connectivity index (χ3n) is 3.35. The topological polar surface area (TPSA) is 44.7 Å². The molecule has 2 aliphatic rings. The molecule has 1 aliphatic carbocycles. The normalized spacial score (nSPS) is 22.1. The molecule has 1 aromatic carbocycles. The van der Waals surface area contributed by atoms with Gasteiger partial charge in [-0.3, -0.25) is 4.79 Å². The van der Waals surface area contributed by atoms with Crippen LogP contribution in [0.1, 0.15) is 0 Å². The Balaban J connectivity index is 1.92. The fourth-order valence-corrected chi connectivity index (χ4v) is 2.41. The number of nitrogens with one attached hydrogen (secondary N) is 1. The Kier molecular flexibility index (Phi) is 4.82. The SMILES string of the molecule is C=CCN=C1N/C(=C\[C]2[CH][CH][CH][CH]2)C(=O)N1c1ccc(Cl)cc1. The summed E-state index contributed by atoms with van der Waals surface area (Å²) in [5.41, 5.74) is 1.19. The number of guanidine groups is 1. The van der Waals surface area contributed by atoms with E-state index in [0.717, 1.165) is 5.92 Å². The second-order valence-corrected chi connectivity index (χ2v) is 5.41. The van der Waals surface area contributed by atoms with Crippen LogP contribution in [0.3, 0.4) is 0 Å². The maximum Gasteiger partial charge on any atom is 0.281 e. The molecule has 1 heterocycles. The fourth-order valence-electron chi connectivity index (χ4n) is 2.29. The number of rotatable bonds is 4. The van der Waals surface area contributed by atoms with Gasteiger partial charge in [-0.25, -0.2) is 9.89 Å². The quantitative estimate of drug-likeness (QED) is 0.683. The van der Waals surface area contributed by atoms with E-state index in [2.05, 4.69) is 16.9 Å². The summed E-state index contributed by atoms with van der Waals surface area (Å²) in [6.45, 7) is 4.08. The van der Waals surface area contributed by atoms with Crippen molar-refractivity contribution in [1.29, 1.82) is 0 Å². The third-order valence-corrected chi connectivity index (χ3v) is 3.60. The van der Waals surface area contributed by atoms with Crippen molar-refractivity contribution in [2.45, 2.75) is 0 Å². The first kappa shape index (κ1) is 15.8. The van der Waals surface area contributed by atoms with E-state index in [0.29, 0.717) is 28.9 Å². The smallest absolute Gasteiger partial charge is 0.281 e. The molecule has 4 nitrogen and oxygen atoms in total. The number of carbonyl (C=O) groups excluding carboxylic acids is 1. The van der Waals surface area contributed by atoms with Crippen molar-refractivity contribution in [1.82, 2.24) is 5.32 Å². The Labute approximate surface area is 141 Å². The minimum atomic E-state index is -0.156. The highest BCUT2D eigenvalue weighted by Gasteiger charge is 2.34. The van der Waals surface area contributed by atoms with Crippen LogP contribution < -0.4 is 10.2 Å². The van der Waals surface area contributed by atoms with Gasteiger partial charge in [-0.2, -0.15) is 0 Å². The van der Waals surface area contributed by atoms with Crippen LogP contribution in [-0.2, 0) is 4.79 Å². The first-order chi connectivity index (χ1) is 11.2. The Hall–Kier alpha value is -2.07. The Morgan fingerprint density at radius 3 is 2.57 bits per heavy atom. The lowest BCUT2D eigenvalue weighted by Gasteiger charge is -2.15. The molecule has 2 fully saturated rings. The average Bonchev–Trinajstić information content (AvgIpc) is 3.16. The molecule has 1 aliphatic heterocycles. The molecular formula is C18H15ClN3O. The van der Waals surface area contributed by atoms with Crippen LogP contribution >= 0.6 is 11.6 Å². The molecule has 0 spiro atoms. The zero-order valence-corrected chi connectivity index (χ0v) is 13.1. The molecule has 5 radical (unpaired) electrons. The van der Waals surface area contributed by atoms with Crippen LogP contribution in [0.25, 0.3) is 0 Å². The number of halogens is 1. The van der Waals surface area contributed by atoms with Crippen LogP contribution in [-0.4, -0.2) is 18.4 Å². The molecule has 0 bridgehead atoms. The van der Waals surface area contributed by atoms with Crippen molar-refractivity contribution in [3.05, 3.63) is 85.3 Å². The summed E-state index contributed by atoms with van der Waals surface area (Å²) in [7, 11) is 0. The van der Waals surface area contributed by atoms with E-state index in [9.17, 15) is 4.79 Å². The van der Waals surface area contributed by atoms with Gasteiger partial charge in [0.1, 0.15) is 5.70 Å². The lowest BCUT2D eigenvalue weighted by Crippen LogP contribution is -2.32. The molecule has 23 heavy (non-hydrogen) atoms. The molecular weight excluding hydrogens is 310 g/mol. The van der Waals surface area contributed by atoms with E-state index < -0.39 is 0 Å². The summed E-state index contributed by atoms with van der Waals surface area (Å²) in [6, 6.07) is 7.07. The number of nitrogens with zero attached hydrogens (tertiary/aromatic N) is 2. The second-order valence-electron chi connectivity index (χ2n) is 4.97. The zero-order valence-electron chi connectivity index (χ0n) is 12.4. The molecule has 5 heteroatoms. The number of aliphatic imine (C=N–C) groups is 1. The molecule has 1 amide bonds. The summed E-state index contributed by atoms with van der Waals surface area (Å²) in [4.78, 5) is 18.7. The average molecular weight is 325 g/mol. The van der Waals surface area contributed by atoms with Gasteiger partial charge in [-0.05, 0) is 56.0 Å². The minimum Gasteiger partial charge on any atom is -0.321 e. The molecule has 1 aromatic rings. The standard InChI is InChI=1S/C18H15ClN3O/c1-2-11-20-18-21-16(12-13-5-3-4-6-13)17(23)22(18)15-9-7-14(19)8-10-15/h2-10,12H,1,11H2,(H,20,21)/b16-12-. The number of benzene rings is 1. The van der Waals surface area contributed by atoms with Gasteiger partial charge in [0.05, 0.1) is 12.2 Å². The van der Waals surface area contributed by atoms with Crippen molar-refractivity contribution in [2.75, 3.05) is 11.4 Å². The van der Waals surface area contributed by atoms with Crippen molar-refractivity contribution < 1.29 is 4.79 Å². The maximum absolute atomic E-state index is 12.7. The predicted octanol–water partition coefficient (Wildman–Crippen LogP) is 3.11. The fraction of sp³-hybridized carbons (Fsp3) is 0.0556. The summed E-state index contributed by atoms with van der Waals surface area (Å²) in [5, 5.41) is 3.70. The van der Waals surface area contributed by atoms with Crippen molar-refractivity contribution >= 4 is 29.2 Å². The van der Waals surface area contributed by atoms with Crippen molar-refractivity contribution in [3.8, 4) is 0 Å². The largest absolute Gasteiger partial charge is 0.321 e. The summed E-state index contributed by atoms with van der Waals surface area (Å²) in [6.07, 6.45) is 11.2. The number of hydrogen-bond donors (Lipinski definition) is 1. The van der Waals surface area contributed by atoms with Gasteiger partial charge >= 0.3 is 0 Å². The predicted molar refractivity (Wildman–Crippen MR) is 93.1 cm³/mol. The summed E-state index contributed by atoms with van der Waals surface area (Å²) in [5.74, 6) is 1.29. The van der Waals surface area contributed by atoms with Gasteiger partial charge in [0.2, 0.25) is 5.96 Å². The summed E-state index contributed by atoms with van der Waals surface area (Å²) >= 11 is 5.92. The monoisotopic (exact) mass is 324 g/mol. The molecule has 115 valence electrons. The molecule has 1 N–H and O–H groups in total. The molecule has 3 rings (SSSR count). The Morgan fingerprint density at radius 1 is 1.22 bits per heavy atom. The van der Waals surface area contributed by atoms with Crippen molar-refractivity contribution in [3.63, 3.8) is 0 Å². The van der Waals surface area contributed by atoms with Crippen LogP contribution in [0.2, 0.25) is 5.02 Å². The molecule has 1 saturated carbocycles. The number of amides is 1. The summed E-state index contributed by atoms with van der Waals surface area (Å²) < 4.78 is 0. The zero-order chi connectivity index (χ0) is 16.2. The van der Waals surface area contributed by atoms with Crippen LogP contribution in [0.15, 0.2) is 53.7 Å². The highest BCUT2D eigenvalue weighted by molar-refractivity contribution is 6.31. The van der Waals surface area contributed by atoms with E-state index in [-0.39, 0.29) is 5.91 Å². The minimum absolute atomic E-state index is 0.156. The van der Waals surface area contributed by atoms with Gasteiger partial charge in [0.15, 0.2) is 0 Å². The van der Waals surface area contributed by atoms with Gasteiger partial charge in [0.25, 0.3) is 5.91 Å². The second kappa shape index (κ2) is 7.01. The van der Waals surface area contributed by atoms with Gasteiger partial charge in [0, 0.05) is 10.9 Å². The third kappa shape index (κ3) is 3.48. The molecule has 0 unspecified atom stereocenters. The van der Waals surface area contributed by atoms with E-state index >= 15 is 0 Å². The molecule has 1 saturated heterocycles. The highest BCUT2D eigenvalue weighted by atomic mass is 35.5. The van der Waals surface area contributed by atoms with E-state index in [1.165, 1.54) is 4.90 Å². The Morgan fingerprint density at radius 2 is 1.91 bits per heavy atom. The molecule has 0 atom stereocenters. The number of anilines is 1. The van der Waals surface area contributed by atoms with E-state index in [1.807, 2.05) is 31.8 Å². The van der Waals surface area contributed by atoms with Crippen LogP contribution in [0.4, 0.5) is 5.69 Å². The van der Waals surface area contributed by atoms with E-state index in [1.54, 1.807) is 30.3 Å². The lowest BCUT2D eigenvalue weighted by atomic mass is 10.1. The van der Waals surface area contributed by atoms with E-state index in [4.69, 9.17) is 11.6 Å². The maximum atomic E-state index is 12.7. The number of hydrogen-bond acceptors (Lipinski definition) is 2. The first-order valence-corrected chi connectivity index (χ1v) is 7.52. The number of carbonyl (C=O) groups is 1. The number of allylic oxidation sites excluding steroid dienone is 1. The van der Waals surface area contributed by atoms with Gasteiger partial charge in [-0.15, -0.1) is 6.58 Å². The lowest BCUT2D eigenvalue weighted by molar-refractivity contribution is -0.113. The molecule has 0 aromatic heterocycles. The van der Waals surface area contributed by atoms with Crippen LogP contribution in [0, 0.1) is 31.6 Å². The van der Waals surface area contributed by atoms with Gasteiger partial charge < -0.3 is 5.32 Å². The van der Waals surface area contributed by atoms with Gasteiger partial charge in [-0.1, -0.05) is 17.7 Å². The highest BCUT2D eigenvalue weighted by Crippen LogP contribution is 2.28. The van der Waals surface area contributed by atoms with Crippen LogP contribution in [0.5, 0.6) is 0 Å².